The summed E-state index contributed by atoms with van der Waals surface area (Å²) in [5.74, 6) is 0. The van der Waals surface area contributed by atoms with E-state index in [2.05, 4.69) is 45.6 Å². The summed E-state index contributed by atoms with van der Waals surface area (Å²) >= 11 is 1.65. The first-order valence-electron chi connectivity index (χ1n) is 5.61. The van der Waals surface area contributed by atoms with Crippen LogP contribution in [0.4, 0.5) is 0 Å². The van der Waals surface area contributed by atoms with E-state index in [0.717, 1.165) is 25.3 Å². The van der Waals surface area contributed by atoms with Crippen LogP contribution < -0.4 is 5.32 Å². The number of hydrogen-bond donors (Lipinski definition) is 1. The van der Waals surface area contributed by atoms with E-state index in [1.54, 1.807) is 11.3 Å². The van der Waals surface area contributed by atoms with Crippen LogP contribution in [-0.4, -0.2) is 16.1 Å². The number of nitrogens with zero attached hydrogens (tertiary/aromatic N) is 2. The van der Waals surface area contributed by atoms with Gasteiger partial charge in [-0.25, -0.2) is 4.98 Å². The van der Waals surface area contributed by atoms with Gasteiger partial charge in [-0.2, -0.15) is 0 Å². The van der Waals surface area contributed by atoms with Crippen LogP contribution in [0.15, 0.2) is 29.4 Å². The fraction of sp³-hybridized carbons (Fsp3) is 0.417. The van der Waals surface area contributed by atoms with Crippen LogP contribution in [-0.2, 0) is 13.1 Å². The van der Waals surface area contributed by atoms with Crippen molar-refractivity contribution in [2.75, 3.05) is 6.54 Å². The predicted molar refractivity (Wildman–Crippen MR) is 67.6 cm³/mol. The maximum atomic E-state index is 4.28. The van der Waals surface area contributed by atoms with Gasteiger partial charge in [-0.05, 0) is 24.6 Å². The molecule has 4 heteroatoms. The fourth-order valence-electron chi connectivity index (χ4n) is 1.61. The molecule has 0 unspecified atom stereocenters. The molecule has 0 saturated carbocycles. The average Bonchev–Trinajstić information content (AvgIpc) is 2.91. The molecule has 3 nitrogen and oxygen atoms in total. The summed E-state index contributed by atoms with van der Waals surface area (Å²) in [5, 5.41) is 5.49. The summed E-state index contributed by atoms with van der Waals surface area (Å²) in [4.78, 5) is 4.28. The van der Waals surface area contributed by atoms with Crippen LogP contribution in [0.5, 0.6) is 0 Å². The third-order valence-electron chi connectivity index (χ3n) is 2.40. The van der Waals surface area contributed by atoms with Crippen LogP contribution in [0.2, 0.25) is 0 Å². The number of rotatable bonds is 6. The maximum Gasteiger partial charge on any atom is 0.0795 e. The molecule has 0 amide bonds. The van der Waals surface area contributed by atoms with E-state index in [9.17, 15) is 0 Å². The fourth-order valence-corrected chi connectivity index (χ4v) is 2.16. The molecule has 0 aliphatic rings. The standard InChI is InChI=1S/C12H17N3S/c1-2-4-13-6-11-3-5-15(7-11)8-12-9-16-10-14-12/h3,5,7,9-10,13H,2,4,6,8H2,1H3. The van der Waals surface area contributed by atoms with Crippen molar-refractivity contribution in [3.05, 3.63) is 40.6 Å². The number of thiazole rings is 1. The smallest absolute Gasteiger partial charge is 0.0795 e. The molecule has 0 spiro atoms. The Labute approximate surface area is 100 Å². The lowest BCUT2D eigenvalue weighted by molar-refractivity contribution is 0.673. The molecule has 0 aliphatic carbocycles. The SMILES string of the molecule is CCCNCc1ccn(Cc2cscn2)c1. The van der Waals surface area contributed by atoms with Crippen molar-refractivity contribution in [3.63, 3.8) is 0 Å². The quantitative estimate of drug-likeness (QED) is 0.780. The average molecular weight is 235 g/mol. The zero-order chi connectivity index (χ0) is 11.2. The maximum absolute atomic E-state index is 4.28. The van der Waals surface area contributed by atoms with E-state index in [1.807, 2.05) is 5.51 Å². The molecule has 0 aromatic carbocycles. The molecule has 0 saturated heterocycles. The van der Waals surface area contributed by atoms with Gasteiger partial charge in [0, 0.05) is 24.3 Å². The Kier molecular flexibility index (Phi) is 4.13. The van der Waals surface area contributed by atoms with Crippen molar-refractivity contribution in [3.8, 4) is 0 Å². The molecule has 86 valence electrons. The minimum atomic E-state index is 0.872. The lowest BCUT2D eigenvalue weighted by Crippen LogP contribution is -2.13. The summed E-state index contributed by atoms with van der Waals surface area (Å²) in [5.41, 5.74) is 4.35. The van der Waals surface area contributed by atoms with E-state index >= 15 is 0 Å². The van der Waals surface area contributed by atoms with Crippen molar-refractivity contribution < 1.29 is 0 Å². The minimum Gasteiger partial charge on any atom is -0.348 e. The van der Waals surface area contributed by atoms with Crippen LogP contribution in [0.1, 0.15) is 24.6 Å². The zero-order valence-corrected chi connectivity index (χ0v) is 10.3. The second kappa shape index (κ2) is 5.82. The summed E-state index contributed by atoms with van der Waals surface area (Å²) in [7, 11) is 0. The molecule has 0 atom stereocenters. The monoisotopic (exact) mass is 235 g/mol. The summed E-state index contributed by atoms with van der Waals surface area (Å²) < 4.78 is 2.18. The third-order valence-corrected chi connectivity index (χ3v) is 3.03. The highest BCUT2D eigenvalue weighted by Gasteiger charge is 1.99. The van der Waals surface area contributed by atoms with Crippen LogP contribution in [0.25, 0.3) is 0 Å². The second-order valence-electron chi connectivity index (χ2n) is 3.85. The third kappa shape index (κ3) is 3.18. The van der Waals surface area contributed by atoms with Crippen LogP contribution in [0, 0.1) is 0 Å². The molecule has 0 bridgehead atoms. The highest BCUT2D eigenvalue weighted by Crippen LogP contribution is 2.06. The van der Waals surface area contributed by atoms with Gasteiger partial charge in [0.25, 0.3) is 0 Å². The van der Waals surface area contributed by atoms with Gasteiger partial charge in [0.15, 0.2) is 0 Å². The van der Waals surface area contributed by atoms with Crippen LogP contribution >= 0.6 is 11.3 Å². The van der Waals surface area contributed by atoms with Crippen LogP contribution in [0.3, 0.4) is 0 Å². The van der Waals surface area contributed by atoms with Gasteiger partial charge < -0.3 is 9.88 Å². The topological polar surface area (TPSA) is 29.9 Å². The predicted octanol–water partition coefficient (Wildman–Crippen LogP) is 2.49. The molecular weight excluding hydrogens is 218 g/mol. The molecule has 2 heterocycles. The lowest BCUT2D eigenvalue weighted by Gasteiger charge is -2.00. The Hall–Kier alpha value is -1.13. The van der Waals surface area contributed by atoms with Crippen molar-refractivity contribution in [1.29, 1.82) is 0 Å². The molecule has 16 heavy (non-hydrogen) atoms. The molecule has 2 aromatic rings. The van der Waals surface area contributed by atoms with E-state index in [1.165, 1.54) is 12.0 Å². The Morgan fingerprint density at radius 2 is 2.44 bits per heavy atom. The van der Waals surface area contributed by atoms with Gasteiger partial charge in [-0.15, -0.1) is 11.3 Å². The van der Waals surface area contributed by atoms with Gasteiger partial charge in [-0.1, -0.05) is 6.92 Å². The van der Waals surface area contributed by atoms with Crippen molar-refractivity contribution >= 4 is 11.3 Å². The van der Waals surface area contributed by atoms with Gasteiger partial charge >= 0.3 is 0 Å². The van der Waals surface area contributed by atoms with E-state index in [0.29, 0.717) is 0 Å². The Morgan fingerprint density at radius 1 is 1.50 bits per heavy atom. The lowest BCUT2D eigenvalue weighted by atomic mass is 10.3. The first-order chi connectivity index (χ1) is 7.88. The summed E-state index contributed by atoms with van der Waals surface area (Å²) in [6.07, 6.45) is 5.48. The number of nitrogens with one attached hydrogen (secondary N) is 1. The normalized spacial score (nSPS) is 10.8. The van der Waals surface area contributed by atoms with E-state index in [4.69, 9.17) is 0 Å². The number of hydrogen-bond acceptors (Lipinski definition) is 3. The minimum absolute atomic E-state index is 0.872. The van der Waals surface area contributed by atoms with E-state index < -0.39 is 0 Å². The number of aromatic nitrogens is 2. The van der Waals surface area contributed by atoms with Crippen molar-refractivity contribution in [2.24, 2.45) is 0 Å². The Bertz CT molecular complexity index is 406. The summed E-state index contributed by atoms with van der Waals surface area (Å²) in [6, 6.07) is 2.16. The molecule has 0 aliphatic heterocycles. The highest BCUT2D eigenvalue weighted by atomic mass is 32.1. The van der Waals surface area contributed by atoms with E-state index in [-0.39, 0.29) is 0 Å². The van der Waals surface area contributed by atoms with Gasteiger partial charge in [-0.3, -0.25) is 0 Å². The first-order valence-corrected chi connectivity index (χ1v) is 6.55. The summed E-state index contributed by atoms with van der Waals surface area (Å²) in [6.45, 7) is 5.09. The van der Waals surface area contributed by atoms with Crippen molar-refractivity contribution in [1.82, 2.24) is 14.9 Å². The molecule has 2 rings (SSSR count). The molecule has 2 aromatic heterocycles. The molecule has 0 radical (unpaired) electrons. The van der Waals surface area contributed by atoms with Crippen molar-refractivity contribution in [2.45, 2.75) is 26.4 Å². The van der Waals surface area contributed by atoms with Gasteiger partial charge in [0.05, 0.1) is 17.7 Å². The molecule has 0 fully saturated rings. The highest BCUT2D eigenvalue weighted by molar-refractivity contribution is 7.07. The molecular formula is C12H17N3S. The first kappa shape index (κ1) is 11.4. The second-order valence-corrected chi connectivity index (χ2v) is 4.57. The van der Waals surface area contributed by atoms with Gasteiger partial charge in [0.2, 0.25) is 0 Å². The molecule has 1 N–H and O–H groups in total. The Morgan fingerprint density at radius 3 is 3.19 bits per heavy atom. The Balaban J connectivity index is 1.87. The zero-order valence-electron chi connectivity index (χ0n) is 9.52. The van der Waals surface area contributed by atoms with Gasteiger partial charge in [0.1, 0.15) is 0 Å². The largest absolute Gasteiger partial charge is 0.348 e.